The summed E-state index contributed by atoms with van der Waals surface area (Å²) in [6.07, 6.45) is 0. The van der Waals surface area contributed by atoms with Gasteiger partial charge in [-0.05, 0) is 46.7 Å². The predicted molar refractivity (Wildman–Crippen MR) is 92.7 cm³/mol. The van der Waals surface area contributed by atoms with Crippen molar-refractivity contribution < 1.29 is 9.53 Å². The molecule has 1 aromatic carbocycles. The Kier molecular flexibility index (Phi) is 5.98. The van der Waals surface area contributed by atoms with E-state index in [2.05, 4.69) is 55.3 Å². The van der Waals surface area contributed by atoms with Gasteiger partial charge < -0.3 is 4.74 Å². The van der Waals surface area contributed by atoms with Crippen molar-refractivity contribution in [2.24, 2.45) is 0 Å². The SMILES string of the molecule is COC(=O)c1ccc(CN(C)Cc2cc(Br)cs2)c(Br)c1. The van der Waals surface area contributed by atoms with Crippen LogP contribution in [0.25, 0.3) is 0 Å². The summed E-state index contributed by atoms with van der Waals surface area (Å²) in [5.41, 5.74) is 1.69. The van der Waals surface area contributed by atoms with E-state index in [0.717, 1.165) is 27.6 Å². The Balaban J connectivity index is 2.03. The average Bonchev–Trinajstić information content (AvgIpc) is 2.85. The van der Waals surface area contributed by atoms with Crippen molar-refractivity contribution >= 4 is 49.2 Å². The topological polar surface area (TPSA) is 29.5 Å². The van der Waals surface area contributed by atoms with Gasteiger partial charge in [-0.3, -0.25) is 4.90 Å². The van der Waals surface area contributed by atoms with E-state index >= 15 is 0 Å². The van der Waals surface area contributed by atoms with Crippen molar-refractivity contribution in [2.45, 2.75) is 13.1 Å². The first-order chi connectivity index (χ1) is 9.99. The van der Waals surface area contributed by atoms with Crippen LogP contribution in [0, 0.1) is 0 Å². The van der Waals surface area contributed by atoms with Crippen LogP contribution in [0.2, 0.25) is 0 Å². The van der Waals surface area contributed by atoms with Crippen molar-refractivity contribution in [2.75, 3.05) is 14.2 Å². The summed E-state index contributed by atoms with van der Waals surface area (Å²) in [7, 11) is 3.46. The fourth-order valence-electron chi connectivity index (χ4n) is 1.97. The maximum atomic E-state index is 11.5. The number of carbonyl (C=O) groups is 1. The molecule has 3 nitrogen and oxygen atoms in total. The van der Waals surface area contributed by atoms with Crippen LogP contribution in [-0.4, -0.2) is 25.0 Å². The van der Waals surface area contributed by atoms with E-state index in [1.54, 1.807) is 23.5 Å². The lowest BCUT2D eigenvalue weighted by atomic mass is 10.1. The summed E-state index contributed by atoms with van der Waals surface area (Å²) >= 11 is 8.73. The minimum atomic E-state index is -0.320. The lowest BCUT2D eigenvalue weighted by Crippen LogP contribution is -2.17. The Bertz CT molecular complexity index is 642. The largest absolute Gasteiger partial charge is 0.465 e. The van der Waals surface area contributed by atoms with Gasteiger partial charge in [0.1, 0.15) is 0 Å². The van der Waals surface area contributed by atoms with Crippen LogP contribution in [0.5, 0.6) is 0 Å². The standard InChI is InChI=1S/C15H15Br2NO2S/c1-18(8-13-6-12(16)9-21-13)7-11-4-3-10(5-14(11)17)15(19)20-2/h3-6,9H,7-8H2,1-2H3. The van der Waals surface area contributed by atoms with E-state index in [4.69, 9.17) is 4.74 Å². The molecule has 0 aliphatic rings. The fraction of sp³-hybridized carbons (Fsp3) is 0.267. The molecule has 0 bridgehead atoms. The molecule has 1 heterocycles. The van der Waals surface area contributed by atoms with Gasteiger partial charge in [0.25, 0.3) is 0 Å². The summed E-state index contributed by atoms with van der Waals surface area (Å²) in [4.78, 5) is 15.0. The van der Waals surface area contributed by atoms with Crippen molar-refractivity contribution in [1.29, 1.82) is 0 Å². The predicted octanol–water partition coefficient (Wildman–Crippen LogP) is 4.69. The van der Waals surface area contributed by atoms with E-state index in [0.29, 0.717) is 5.56 Å². The lowest BCUT2D eigenvalue weighted by molar-refractivity contribution is 0.0600. The molecule has 0 N–H and O–H groups in total. The summed E-state index contributed by atoms with van der Waals surface area (Å²) < 4.78 is 6.77. The molecule has 0 fully saturated rings. The monoisotopic (exact) mass is 431 g/mol. The molecule has 0 atom stereocenters. The second-order valence-electron chi connectivity index (χ2n) is 4.70. The number of hydrogen-bond acceptors (Lipinski definition) is 4. The Morgan fingerprint density at radius 3 is 2.62 bits per heavy atom. The summed E-state index contributed by atoms with van der Waals surface area (Å²) in [6, 6.07) is 7.69. The number of esters is 1. The maximum Gasteiger partial charge on any atom is 0.337 e. The van der Waals surface area contributed by atoms with E-state index < -0.39 is 0 Å². The van der Waals surface area contributed by atoms with Gasteiger partial charge in [-0.15, -0.1) is 11.3 Å². The zero-order valence-electron chi connectivity index (χ0n) is 11.7. The first kappa shape index (κ1) is 16.7. The number of carbonyl (C=O) groups excluding carboxylic acids is 1. The number of methoxy groups -OCH3 is 1. The Morgan fingerprint density at radius 2 is 2.05 bits per heavy atom. The quantitative estimate of drug-likeness (QED) is 0.641. The highest BCUT2D eigenvalue weighted by atomic mass is 79.9. The Labute approximate surface area is 145 Å². The molecule has 0 saturated carbocycles. The number of benzene rings is 1. The van der Waals surface area contributed by atoms with Gasteiger partial charge in [0.05, 0.1) is 12.7 Å². The van der Waals surface area contributed by atoms with Gasteiger partial charge in [-0.1, -0.05) is 22.0 Å². The highest BCUT2D eigenvalue weighted by molar-refractivity contribution is 9.10. The second-order valence-corrected chi connectivity index (χ2v) is 7.47. The van der Waals surface area contributed by atoms with Gasteiger partial charge in [0, 0.05) is 32.3 Å². The number of rotatable bonds is 5. The molecule has 0 unspecified atom stereocenters. The third-order valence-corrected chi connectivity index (χ3v) is 5.38. The van der Waals surface area contributed by atoms with Crippen LogP contribution in [0.4, 0.5) is 0 Å². The zero-order chi connectivity index (χ0) is 15.4. The van der Waals surface area contributed by atoms with Crippen molar-refractivity contribution in [3.8, 4) is 0 Å². The van der Waals surface area contributed by atoms with Crippen LogP contribution in [0.1, 0.15) is 20.8 Å². The molecule has 0 aliphatic carbocycles. The van der Waals surface area contributed by atoms with Crippen LogP contribution < -0.4 is 0 Å². The molecule has 21 heavy (non-hydrogen) atoms. The lowest BCUT2D eigenvalue weighted by Gasteiger charge is -2.17. The molecule has 2 aromatic rings. The smallest absolute Gasteiger partial charge is 0.337 e. The molecular formula is C15H15Br2NO2S. The zero-order valence-corrected chi connectivity index (χ0v) is 15.7. The van der Waals surface area contributed by atoms with Crippen molar-refractivity contribution in [3.63, 3.8) is 0 Å². The molecule has 2 rings (SSSR count). The van der Waals surface area contributed by atoms with Gasteiger partial charge in [-0.25, -0.2) is 4.79 Å². The van der Waals surface area contributed by atoms with Crippen molar-refractivity contribution in [3.05, 3.63) is 54.6 Å². The molecule has 0 spiro atoms. The minimum absolute atomic E-state index is 0.320. The van der Waals surface area contributed by atoms with Crippen LogP contribution in [0.15, 0.2) is 38.6 Å². The number of ether oxygens (including phenoxy) is 1. The molecule has 112 valence electrons. The normalized spacial score (nSPS) is 10.9. The third kappa shape index (κ3) is 4.64. The maximum absolute atomic E-state index is 11.5. The first-order valence-corrected chi connectivity index (χ1v) is 8.74. The van der Waals surface area contributed by atoms with Crippen LogP contribution in [-0.2, 0) is 17.8 Å². The average molecular weight is 433 g/mol. The number of nitrogens with zero attached hydrogens (tertiary/aromatic N) is 1. The molecule has 6 heteroatoms. The highest BCUT2D eigenvalue weighted by Gasteiger charge is 2.10. The summed E-state index contributed by atoms with van der Waals surface area (Å²) in [5, 5.41) is 2.09. The van der Waals surface area contributed by atoms with Crippen LogP contribution in [0.3, 0.4) is 0 Å². The number of halogens is 2. The summed E-state index contributed by atoms with van der Waals surface area (Å²) in [5.74, 6) is -0.320. The van der Waals surface area contributed by atoms with Gasteiger partial charge in [0.15, 0.2) is 0 Å². The molecule has 0 amide bonds. The van der Waals surface area contributed by atoms with E-state index in [9.17, 15) is 4.79 Å². The third-order valence-electron chi connectivity index (χ3n) is 2.96. The van der Waals surface area contributed by atoms with Crippen LogP contribution >= 0.6 is 43.2 Å². The number of hydrogen-bond donors (Lipinski definition) is 0. The number of thiophene rings is 1. The van der Waals surface area contributed by atoms with E-state index in [-0.39, 0.29) is 5.97 Å². The summed E-state index contributed by atoms with van der Waals surface area (Å²) in [6.45, 7) is 1.69. The van der Waals surface area contributed by atoms with Gasteiger partial charge in [0.2, 0.25) is 0 Å². The Morgan fingerprint density at radius 1 is 1.29 bits per heavy atom. The van der Waals surface area contributed by atoms with Gasteiger partial charge >= 0.3 is 5.97 Å². The highest BCUT2D eigenvalue weighted by Crippen LogP contribution is 2.24. The molecule has 1 aromatic heterocycles. The minimum Gasteiger partial charge on any atom is -0.465 e. The molecule has 0 aliphatic heterocycles. The second kappa shape index (κ2) is 7.54. The van der Waals surface area contributed by atoms with E-state index in [1.807, 2.05) is 6.07 Å². The molecular weight excluding hydrogens is 418 g/mol. The fourth-order valence-corrected chi connectivity index (χ4v) is 4.00. The van der Waals surface area contributed by atoms with Gasteiger partial charge in [-0.2, -0.15) is 0 Å². The van der Waals surface area contributed by atoms with E-state index in [1.165, 1.54) is 12.0 Å². The molecule has 0 saturated heterocycles. The molecule has 0 radical (unpaired) electrons. The first-order valence-electron chi connectivity index (χ1n) is 6.28. The van der Waals surface area contributed by atoms with Crippen molar-refractivity contribution in [1.82, 2.24) is 4.90 Å². The Hall–Kier alpha value is -0.690.